The van der Waals surface area contributed by atoms with Crippen LogP contribution < -0.4 is 0 Å². The molecule has 0 bridgehead atoms. The summed E-state index contributed by atoms with van der Waals surface area (Å²) in [5, 5.41) is 8.51. The quantitative estimate of drug-likeness (QED) is 0.713. The molecule has 0 saturated heterocycles. The zero-order chi connectivity index (χ0) is 16.5. The van der Waals surface area contributed by atoms with Crippen LogP contribution in [0.3, 0.4) is 0 Å². The minimum absolute atomic E-state index is 0.648. The minimum Gasteiger partial charge on any atom is -0.419 e. The lowest BCUT2D eigenvalue weighted by atomic mass is 10.00. The normalized spacial score (nSPS) is 14.8. The molecule has 1 aliphatic heterocycles. The molecule has 0 amide bonds. The van der Waals surface area contributed by atoms with Crippen molar-refractivity contribution in [3.8, 4) is 10.8 Å². The minimum atomic E-state index is 0.648. The summed E-state index contributed by atoms with van der Waals surface area (Å²) in [6.07, 6.45) is 2.13. The lowest BCUT2D eigenvalue weighted by Crippen LogP contribution is -2.30. The van der Waals surface area contributed by atoms with Crippen LogP contribution in [0.15, 0.2) is 34.7 Å². The molecule has 124 valence electrons. The van der Waals surface area contributed by atoms with Crippen molar-refractivity contribution < 1.29 is 4.42 Å². The summed E-state index contributed by atoms with van der Waals surface area (Å²) in [6.45, 7) is 7.02. The number of nitrogens with zero attached hydrogens (tertiary/aromatic N) is 3. The number of fused-ring (bicyclic) bond motifs is 1. The third-order valence-electron chi connectivity index (χ3n) is 4.59. The average Bonchev–Trinajstić information content (AvgIpc) is 3.21. The predicted octanol–water partition coefficient (Wildman–Crippen LogP) is 4.23. The van der Waals surface area contributed by atoms with E-state index in [2.05, 4.69) is 59.3 Å². The van der Waals surface area contributed by atoms with Crippen LogP contribution in [-0.4, -0.2) is 21.6 Å². The zero-order valence-electron chi connectivity index (χ0n) is 14.1. The summed E-state index contributed by atoms with van der Waals surface area (Å²) in [6, 6.07) is 10.8. The monoisotopic (exact) mass is 339 g/mol. The van der Waals surface area contributed by atoms with Gasteiger partial charge in [-0.3, -0.25) is 4.90 Å². The maximum atomic E-state index is 5.92. The molecule has 1 aliphatic rings. The fourth-order valence-electron chi connectivity index (χ4n) is 3.27. The summed E-state index contributed by atoms with van der Waals surface area (Å²) in [5.41, 5.74) is 4.18. The first kappa shape index (κ1) is 15.5. The molecule has 1 aromatic carbocycles. The smallest absolute Gasteiger partial charge is 0.257 e. The zero-order valence-corrected chi connectivity index (χ0v) is 14.9. The van der Waals surface area contributed by atoms with Crippen molar-refractivity contribution in [1.82, 2.24) is 15.1 Å². The fourth-order valence-corrected chi connectivity index (χ4v) is 4.31. The molecule has 2 aromatic heterocycles. The van der Waals surface area contributed by atoms with Crippen LogP contribution in [0.25, 0.3) is 10.8 Å². The van der Waals surface area contributed by atoms with Crippen LogP contribution in [0.2, 0.25) is 0 Å². The maximum Gasteiger partial charge on any atom is 0.257 e. The summed E-state index contributed by atoms with van der Waals surface area (Å²) in [5.74, 6) is 1.35. The Balaban J connectivity index is 1.48. The van der Waals surface area contributed by atoms with Crippen LogP contribution in [-0.2, 0) is 25.9 Å². The molecule has 0 spiro atoms. The molecule has 24 heavy (non-hydrogen) atoms. The van der Waals surface area contributed by atoms with Crippen molar-refractivity contribution in [2.24, 2.45) is 0 Å². The number of rotatable bonds is 4. The van der Waals surface area contributed by atoms with Gasteiger partial charge in [-0.25, -0.2) is 0 Å². The van der Waals surface area contributed by atoms with E-state index in [1.54, 1.807) is 11.3 Å². The molecule has 0 saturated carbocycles. The molecule has 0 radical (unpaired) electrons. The molecule has 4 rings (SSSR count). The Morgan fingerprint density at radius 3 is 2.83 bits per heavy atom. The van der Waals surface area contributed by atoms with E-state index in [1.807, 2.05) is 0 Å². The van der Waals surface area contributed by atoms with E-state index < -0.39 is 0 Å². The van der Waals surface area contributed by atoms with Gasteiger partial charge in [0, 0.05) is 18.0 Å². The van der Waals surface area contributed by atoms with Crippen LogP contribution in [0.5, 0.6) is 0 Å². The first-order chi connectivity index (χ1) is 11.7. The van der Waals surface area contributed by atoms with Gasteiger partial charge >= 0.3 is 0 Å². The van der Waals surface area contributed by atoms with Crippen LogP contribution >= 0.6 is 11.3 Å². The summed E-state index contributed by atoms with van der Waals surface area (Å²) >= 11 is 1.75. The maximum absolute atomic E-state index is 5.92. The summed E-state index contributed by atoms with van der Waals surface area (Å²) in [4.78, 5) is 4.83. The molecular weight excluding hydrogens is 318 g/mol. The second-order valence-electron chi connectivity index (χ2n) is 6.30. The first-order valence-corrected chi connectivity index (χ1v) is 9.25. The lowest BCUT2D eigenvalue weighted by Gasteiger charge is -2.27. The molecule has 0 fully saturated rings. The van der Waals surface area contributed by atoms with Gasteiger partial charge in [0.2, 0.25) is 5.89 Å². The molecule has 0 aliphatic carbocycles. The Morgan fingerprint density at radius 2 is 2.04 bits per heavy atom. The molecule has 4 nitrogen and oxygen atoms in total. The van der Waals surface area contributed by atoms with Gasteiger partial charge in [-0.05, 0) is 42.5 Å². The van der Waals surface area contributed by atoms with E-state index in [0.29, 0.717) is 18.3 Å². The highest BCUT2D eigenvalue weighted by Gasteiger charge is 2.19. The van der Waals surface area contributed by atoms with Crippen LogP contribution in [0.1, 0.15) is 34.4 Å². The lowest BCUT2D eigenvalue weighted by molar-refractivity contribution is 0.222. The number of thiophene rings is 1. The van der Waals surface area contributed by atoms with Crippen LogP contribution in [0, 0.1) is 6.92 Å². The van der Waals surface area contributed by atoms with E-state index in [9.17, 15) is 0 Å². The highest BCUT2D eigenvalue weighted by molar-refractivity contribution is 7.15. The highest BCUT2D eigenvalue weighted by atomic mass is 32.1. The largest absolute Gasteiger partial charge is 0.419 e. The Bertz CT molecular complexity index is 852. The highest BCUT2D eigenvalue weighted by Crippen LogP contribution is 2.31. The molecule has 0 atom stereocenters. The standard InChI is InChI=1S/C19H21N3OS/c1-3-16-13(2)10-17(24-16)19-21-20-18(23-19)12-22-9-8-14-6-4-5-7-15(14)11-22/h4-7,10H,3,8-9,11-12H2,1-2H3. The predicted molar refractivity (Wildman–Crippen MR) is 96.0 cm³/mol. The van der Waals surface area contributed by atoms with E-state index in [-0.39, 0.29) is 0 Å². The van der Waals surface area contributed by atoms with Gasteiger partial charge in [0.1, 0.15) is 0 Å². The molecule has 3 aromatic rings. The number of aromatic nitrogens is 2. The van der Waals surface area contributed by atoms with E-state index in [0.717, 1.165) is 30.8 Å². The fraction of sp³-hybridized carbons (Fsp3) is 0.368. The SMILES string of the molecule is CCc1sc(-c2nnc(CN3CCc4ccccc4C3)o2)cc1C. The van der Waals surface area contributed by atoms with Gasteiger partial charge in [-0.15, -0.1) is 21.5 Å². The van der Waals surface area contributed by atoms with E-state index >= 15 is 0 Å². The third kappa shape index (κ3) is 3.01. The second-order valence-corrected chi connectivity index (χ2v) is 7.44. The van der Waals surface area contributed by atoms with Crippen molar-refractivity contribution >= 4 is 11.3 Å². The van der Waals surface area contributed by atoms with Crippen molar-refractivity contribution in [1.29, 1.82) is 0 Å². The molecule has 3 heterocycles. The molecule has 5 heteroatoms. The van der Waals surface area contributed by atoms with Crippen molar-refractivity contribution in [3.63, 3.8) is 0 Å². The molecule has 0 unspecified atom stereocenters. The summed E-state index contributed by atoms with van der Waals surface area (Å²) < 4.78 is 5.92. The van der Waals surface area contributed by atoms with Gasteiger partial charge in [0.25, 0.3) is 5.89 Å². The number of hydrogen-bond acceptors (Lipinski definition) is 5. The third-order valence-corrected chi connectivity index (χ3v) is 5.96. The molecule has 0 N–H and O–H groups in total. The van der Waals surface area contributed by atoms with Crippen molar-refractivity contribution in [3.05, 3.63) is 57.8 Å². The van der Waals surface area contributed by atoms with Gasteiger partial charge in [-0.1, -0.05) is 31.2 Å². The topological polar surface area (TPSA) is 42.2 Å². The Labute approximate surface area is 146 Å². The Morgan fingerprint density at radius 1 is 1.21 bits per heavy atom. The van der Waals surface area contributed by atoms with Gasteiger partial charge < -0.3 is 4.42 Å². The van der Waals surface area contributed by atoms with Crippen molar-refractivity contribution in [2.75, 3.05) is 6.54 Å². The number of aryl methyl sites for hydroxylation is 2. The van der Waals surface area contributed by atoms with Gasteiger partial charge in [-0.2, -0.15) is 0 Å². The first-order valence-electron chi connectivity index (χ1n) is 8.44. The van der Waals surface area contributed by atoms with Gasteiger partial charge in [0.05, 0.1) is 11.4 Å². The molecular formula is C19H21N3OS. The van der Waals surface area contributed by atoms with Crippen LogP contribution in [0.4, 0.5) is 0 Å². The Kier molecular flexibility index (Phi) is 4.21. The van der Waals surface area contributed by atoms with E-state index in [4.69, 9.17) is 4.42 Å². The number of benzene rings is 1. The Hall–Kier alpha value is -1.98. The van der Waals surface area contributed by atoms with Gasteiger partial charge in [0.15, 0.2) is 0 Å². The van der Waals surface area contributed by atoms with E-state index in [1.165, 1.54) is 21.6 Å². The second kappa shape index (κ2) is 6.49. The van der Waals surface area contributed by atoms with Crippen molar-refractivity contribution in [2.45, 2.75) is 39.8 Å². The summed E-state index contributed by atoms with van der Waals surface area (Å²) in [7, 11) is 0. The number of hydrogen-bond donors (Lipinski definition) is 0. The average molecular weight is 339 g/mol.